The van der Waals surface area contributed by atoms with Crippen LogP contribution < -0.4 is 0 Å². The van der Waals surface area contributed by atoms with Gasteiger partial charge in [0.25, 0.3) is 0 Å². The van der Waals surface area contributed by atoms with Gasteiger partial charge in [0.1, 0.15) is 0 Å². The molecule has 0 N–H and O–H groups in total. The number of carbonyl (C=O) groups is 1. The Morgan fingerprint density at radius 2 is 1.96 bits per heavy atom. The van der Waals surface area contributed by atoms with Crippen molar-refractivity contribution in [3.63, 3.8) is 0 Å². The van der Waals surface area contributed by atoms with Crippen molar-refractivity contribution >= 4 is 21.9 Å². The van der Waals surface area contributed by atoms with E-state index >= 15 is 0 Å². The maximum Gasteiger partial charge on any atom is 0.310 e. The fourth-order valence-electron chi connectivity index (χ4n) is 3.32. The van der Waals surface area contributed by atoms with E-state index in [9.17, 15) is 4.79 Å². The second-order valence-electron chi connectivity index (χ2n) is 5.97. The molecule has 0 bridgehead atoms. The monoisotopic (exact) mass is 373 g/mol. The molecule has 2 aromatic carbocycles. The molecule has 0 amide bonds. The van der Waals surface area contributed by atoms with E-state index in [-0.39, 0.29) is 17.8 Å². The number of rotatable bonds is 4. The van der Waals surface area contributed by atoms with Crippen LogP contribution in [-0.4, -0.2) is 31.1 Å². The summed E-state index contributed by atoms with van der Waals surface area (Å²) in [6, 6.07) is 18.6. The zero-order chi connectivity index (χ0) is 16.2. The summed E-state index contributed by atoms with van der Waals surface area (Å²) < 4.78 is 6.08. The highest BCUT2D eigenvalue weighted by Crippen LogP contribution is 2.35. The van der Waals surface area contributed by atoms with E-state index in [1.807, 2.05) is 18.2 Å². The van der Waals surface area contributed by atoms with Crippen LogP contribution in [0.1, 0.15) is 17.0 Å². The number of benzene rings is 2. The van der Waals surface area contributed by atoms with E-state index in [1.165, 1.54) is 18.2 Å². The number of likely N-dealkylation sites (tertiary alicyclic amines) is 1. The average molecular weight is 374 g/mol. The Morgan fingerprint density at radius 3 is 2.65 bits per heavy atom. The Labute approximate surface area is 145 Å². The quantitative estimate of drug-likeness (QED) is 0.762. The second-order valence-corrected chi connectivity index (χ2v) is 6.89. The molecule has 0 aromatic heterocycles. The summed E-state index contributed by atoms with van der Waals surface area (Å²) in [6.45, 7) is 2.46. The first-order valence-electron chi connectivity index (χ1n) is 7.77. The molecule has 0 saturated carbocycles. The number of ether oxygens (including phenoxy) is 1. The van der Waals surface area contributed by atoms with Crippen molar-refractivity contribution in [1.82, 2.24) is 4.90 Å². The molecule has 1 fully saturated rings. The van der Waals surface area contributed by atoms with Crippen molar-refractivity contribution in [2.24, 2.45) is 5.92 Å². The maximum absolute atomic E-state index is 12.2. The Kier molecular flexibility index (Phi) is 5.13. The number of carbonyl (C=O) groups excluding carboxylic acids is 1. The van der Waals surface area contributed by atoms with Gasteiger partial charge < -0.3 is 4.74 Å². The Bertz CT molecular complexity index is 674. The van der Waals surface area contributed by atoms with Crippen LogP contribution in [0.15, 0.2) is 59.1 Å². The van der Waals surface area contributed by atoms with Crippen LogP contribution >= 0.6 is 15.9 Å². The second kappa shape index (κ2) is 7.28. The minimum absolute atomic E-state index is 0.113. The molecule has 0 aliphatic carbocycles. The summed E-state index contributed by atoms with van der Waals surface area (Å²) in [6.07, 6.45) is 0. The lowest BCUT2D eigenvalue weighted by molar-refractivity contribution is -0.145. The summed E-state index contributed by atoms with van der Waals surface area (Å²) in [7, 11) is 1.47. The van der Waals surface area contributed by atoms with Crippen molar-refractivity contribution in [3.05, 3.63) is 70.2 Å². The Morgan fingerprint density at radius 1 is 1.17 bits per heavy atom. The fraction of sp³-hybridized carbons (Fsp3) is 0.316. The van der Waals surface area contributed by atoms with Gasteiger partial charge in [-0.15, -0.1) is 0 Å². The molecule has 1 heterocycles. The number of nitrogens with zero attached hydrogens (tertiary/aromatic N) is 1. The predicted molar refractivity (Wildman–Crippen MR) is 94.1 cm³/mol. The number of hydrogen-bond acceptors (Lipinski definition) is 3. The highest BCUT2D eigenvalue weighted by atomic mass is 79.9. The van der Waals surface area contributed by atoms with Gasteiger partial charge in [-0.3, -0.25) is 9.69 Å². The van der Waals surface area contributed by atoms with Crippen LogP contribution in [0.25, 0.3) is 0 Å². The van der Waals surface area contributed by atoms with Gasteiger partial charge in [0, 0.05) is 30.0 Å². The third-order valence-electron chi connectivity index (χ3n) is 4.43. The maximum atomic E-state index is 12.2. The van der Waals surface area contributed by atoms with E-state index < -0.39 is 0 Å². The highest BCUT2D eigenvalue weighted by molar-refractivity contribution is 9.10. The van der Waals surface area contributed by atoms with Crippen molar-refractivity contribution in [1.29, 1.82) is 0 Å². The molecule has 2 atom stereocenters. The van der Waals surface area contributed by atoms with Crippen LogP contribution in [0, 0.1) is 5.92 Å². The zero-order valence-electron chi connectivity index (χ0n) is 13.1. The minimum atomic E-state index is -0.120. The molecule has 1 aliphatic rings. The molecule has 4 heteroatoms. The number of hydrogen-bond donors (Lipinski definition) is 0. The zero-order valence-corrected chi connectivity index (χ0v) is 14.7. The molecule has 3 rings (SSSR count). The predicted octanol–water partition coefficient (Wildman–Crippen LogP) is 3.84. The molecular weight excluding hydrogens is 354 g/mol. The first-order valence-corrected chi connectivity index (χ1v) is 8.56. The normalized spacial score (nSPS) is 21.3. The lowest BCUT2D eigenvalue weighted by atomic mass is 9.89. The molecular formula is C19H20BrNO2. The highest BCUT2D eigenvalue weighted by Gasteiger charge is 2.39. The van der Waals surface area contributed by atoms with Crippen molar-refractivity contribution < 1.29 is 9.53 Å². The van der Waals surface area contributed by atoms with Crippen LogP contribution in [0.5, 0.6) is 0 Å². The average Bonchev–Trinajstić information content (AvgIpc) is 2.99. The number of methoxy groups -OCH3 is 1. The van der Waals surface area contributed by atoms with E-state index in [4.69, 9.17) is 4.74 Å². The molecule has 0 radical (unpaired) electrons. The summed E-state index contributed by atoms with van der Waals surface area (Å²) in [5, 5.41) is 0. The molecule has 1 saturated heterocycles. The molecule has 0 spiro atoms. The van der Waals surface area contributed by atoms with Crippen LogP contribution in [0.3, 0.4) is 0 Å². The Hall–Kier alpha value is -1.65. The first-order chi connectivity index (χ1) is 11.2. The SMILES string of the molecule is COC(=O)C1CN(Cc2ccccc2)CC1c1cccc(Br)c1. The van der Waals surface area contributed by atoms with Crippen LogP contribution in [0.4, 0.5) is 0 Å². The largest absolute Gasteiger partial charge is 0.469 e. The summed E-state index contributed by atoms with van der Waals surface area (Å²) in [4.78, 5) is 14.6. The molecule has 2 aromatic rings. The third kappa shape index (κ3) is 3.82. The van der Waals surface area contributed by atoms with Crippen molar-refractivity contribution in [3.8, 4) is 0 Å². The van der Waals surface area contributed by atoms with Gasteiger partial charge in [0.05, 0.1) is 13.0 Å². The first kappa shape index (κ1) is 16.2. The lowest BCUT2D eigenvalue weighted by Gasteiger charge is -2.17. The van der Waals surface area contributed by atoms with Gasteiger partial charge in [-0.2, -0.15) is 0 Å². The van der Waals surface area contributed by atoms with Crippen LogP contribution in [0.2, 0.25) is 0 Å². The molecule has 1 aliphatic heterocycles. The van der Waals surface area contributed by atoms with Gasteiger partial charge in [-0.05, 0) is 23.3 Å². The van der Waals surface area contributed by atoms with Gasteiger partial charge in [-0.1, -0.05) is 58.4 Å². The summed E-state index contributed by atoms with van der Waals surface area (Å²) >= 11 is 3.52. The molecule has 23 heavy (non-hydrogen) atoms. The molecule has 2 unspecified atom stereocenters. The molecule has 120 valence electrons. The fourth-order valence-corrected chi connectivity index (χ4v) is 3.74. The van der Waals surface area contributed by atoms with Crippen molar-refractivity contribution in [2.75, 3.05) is 20.2 Å². The number of esters is 1. The summed E-state index contributed by atoms with van der Waals surface area (Å²) in [5.41, 5.74) is 2.45. The van der Waals surface area contributed by atoms with E-state index in [0.29, 0.717) is 0 Å². The Balaban J connectivity index is 1.81. The standard InChI is InChI=1S/C19H20BrNO2/c1-23-19(22)18-13-21(11-14-6-3-2-4-7-14)12-17(18)15-8-5-9-16(20)10-15/h2-10,17-18H,11-13H2,1H3. The van der Waals surface area contributed by atoms with Gasteiger partial charge >= 0.3 is 5.97 Å². The van der Waals surface area contributed by atoms with E-state index in [1.54, 1.807) is 0 Å². The topological polar surface area (TPSA) is 29.5 Å². The van der Waals surface area contributed by atoms with Gasteiger partial charge in [0.15, 0.2) is 0 Å². The summed E-state index contributed by atoms with van der Waals surface area (Å²) in [5.74, 6) is -0.0628. The van der Waals surface area contributed by atoms with Gasteiger partial charge in [0.2, 0.25) is 0 Å². The number of halogens is 1. The smallest absolute Gasteiger partial charge is 0.310 e. The minimum Gasteiger partial charge on any atom is -0.469 e. The van der Waals surface area contributed by atoms with Gasteiger partial charge in [-0.25, -0.2) is 0 Å². The molecule has 3 nitrogen and oxygen atoms in total. The van der Waals surface area contributed by atoms with E-state index in [0.717, 1.165) is 24.1 Å². The van der Waals surface area contributed by atoms with Crippen LogP contribution in [-0.2, 0) is 16.1 Å². The van der Waals surface area contributed by atoms with E-state index in [2.05, 4.69) is 57.2 Å². The lowest BCUT2D eigenvalue weighted by Crippen LogP contribution is -2.24. The third-order valence-corrected chi connectivity index (χ3v) is 4.92. The van der Waals surface area contributed by atoms with Crippen molar-refractivity contribution in [2.45, 2.75) is 12.5 Å².